The Morgan fingerprint density at radius 1 is 1.11 bits per heavy atom. The molecule has 4 nitrogen and oxygen atoms in total. The van der Waals surface area contributed by atoms with E-state index in [2.05, 4.69) is 29.6 Å². The Morgan fingerprint density at radius 3 is 2.28 bits per heavy atom. The molecular weight excluding hydrogens is 226 g/mol. The number of carbonyl (C=O) groups is 1. The van der Waals surface area contributed by atoms with Crippen LogP contribution in [0.1, 0.15) is 44.9 Å². The van der Waals surface area contributed by atoms with Gasteiger partial charge in [-0.2, -0.15) is 0 Å². The van der Waals surface area contributed by atoms with E-state index in [9.17, 15) is 4.79 Å². The molecule has 18 heavy (non-hydrogen) atoms. The molecule has 0 aromatic rings. The molecule has 104 valence electrons. The number of rotatable bonds is 6. The third-order valence-corrected chi connectivity index (χ3v) is 4.36. The quantitative estimate of drug-likeness (QED) is 0.745. The van der Waals surface area contributed by atoms with Gasteiger partial charge in [0.1, 0.15) is 0 Å². The Balaban J connectivity index is 1.61. The van der Waals surface area contributed by atoms with Gasteiger partial charge < -0.3 is 15.5 Å². The second-order valence-electron chi connectivity index (χ2n) is 5.87. The van der Waals surface area contributed by atoms with E-state index in [0.29, 0.717) is 24.5 Å². The number of hydrogen-bond donors (Lipinski definition) is 2. The summed E-state index contributed by atoms with van der Waals surface area (Å²) in [6, 6.07) is 1.87. The highest BCUT2D eigenvalue weighted by atomic mass is 16.1. The van der Waals surface area contributed by atoms with Crippen molar-refractivity contribution >= 4 is 5.91 Å². The first-order chi connectivity index (χ1) is 8.69. The average molecular weight is 253 g/mol. The third kappa shape index (κ3) is 4.25. The van der Waals surface area contributed by atoms with E-state index in [1.165, 1.54) is 38.5 Å². The van der Waals surface area contributed by atoms with Crippen molar-refractivity contribution in [1.29, 1.82) is 0 Å². The third-order valence-electron chi connectivity index (χ3n) is 4.36. The van der Waals surface area contributed by atoms with Gasteiger partial charge in [-0.3, -0.25) is 4.79 Å². The Bertz CT molecular complexity index is 270. The fraction of sp³-hybridized carbons (Fsp3) is 0.929. The molecule has 2 fully saturated rings. The summed E-state index contributed by atoms with van der Waals surface area (Å²) in [6.45, 7) is 0.896. The Kier molecular flexibility index (Phi) is 5.01. The molecule has 2 rings (SSSR count). The number of carbonyl (C=O) groups excluding carboxylic acids is 1. The van der Waals surface area contributed by atoms with E-state index in [4.69, 9.17) is 0 Å². The standard InChI is InChI=1S/C14H27N3O/c1-15-11-5-7-13(8-6-11)17(2)10-9-14(18)16-12-3-4-12/h11-13,15H,3-10H2,1-2H3,(H,16,18). The van der Waals surface area contributed by atoms with Gasteiger partial charge in [0, 0.05) is 31.1 Å². The van der Waals surface area contributed by atoms with Crippen LogP contribution < -0.4 is 10.6 Å². The maximum atomic E-state index is 11.6. The van der Waals surface area contributed by atoms with E-state index >= 15 is 0 Å². The van der Waals surface area contributed by atoms with Gasteiger partial charge in [0.25, 0.3) is 0 Å². The smallest absolute Gasteiger partial charge is 0.221 e. The second kappa shape index (κ2) is 6.53. The summed E-state index contributed by atoms with van der Waals surface area (Å²) in [5.41, 5.74) is 0. The van der Waals surface area contributed by atoms with Crippen LogP contribution in [0.25, 0.3) is 0 Å². The second-order valence-corrected chi connectivity index (χ2v) is 5.87. The molecule has 4 heteroatoms. The van der Waals surface area contributed by atoms with Gasteiger partial charge in [-0.05, 0) is 52.6 Å². The molecule has 0 aromatic heterocycles. The summed E-state index contributed by atoms with van der Waals surface area (Å²) >= 11 is 0. The molecule has 2 aliphatic rings. The molecule has 0 saturated heterocycles. The fourth-order valence-electron chi connectivity index (χ4n) is 2.79. The first kappa shape index (κ1) is 13.8. The van der Waals surface area contributed by atoms with Crippen molar-refractivity contribution < 1.29 is 4.79 Å². The number of hydrogen-bond acceptors (Lipinski definition) is 3. The molecular formula is C14H27N3O. The highest BCUT2D eigenvalue weighted by Crippen LogP contribution is 2.22. The lowest BCUT2D eigenvalue weighted by Gasteiger charge is -2.34. The van der Waals surface area contributed by atoms with E-state index in [-0.39, 0.29) is 5.91 Å². The number of amides is 1. The van der Waals surface area contributed by atoms with Crippen molar-refractivity contribution in [2.45, 2.75) is 63.1 Å². The van der Waals surface area contributed by atoms with Gasteiger partial charge in [0.2, 0.25) is 5.91 Å². The normalized spacial score (nSPS) is 28.4. The van der Waals surface area contributed by atoms with E-state index in [1.54, 1.807) is 0 Å². The summed E-state index contributed by atoms with van der Waals surface area (Å²) in [6.07, 6.45) is 8.04. The summed E-state index contributed by atoms with van der Waals surface area (Å²) in [5, 5.41) is 6.41. The summed E-state index contributed by atoms with van der Waals surface area (Å²) in [4.78, 5) is 14.0. The van der Waals surface area contributed by atoms with Gasteiger partial charge in [-0.15, -0.1) is 0 Å². The minimum absolute atomic E-state index is 0.230. The summed E-state index contributed by atoms with van der Waals surface area (Å²) < 4.78 is 0. The van der Waals surface area contributed by atoms with E-state index < -0.39 is 0 Å². The largest absolute Gasteiger partial charge is 0.353 e. The zero-order valence-corrected chi connectivity index (χ0v) is 11.7. The first-order valence-electron chi connectivity index (χ1n) is 7.36. The molecule has 0 radical (unpaired) electrons. The number of nitrogens with one attached hydrogen (secondary N) is 2. The van der Waals surface area contributed by atoms with Crippen molar-refractivity contribution in [2.24, 2.45) is 0 Å². The lowest BCUT2D eigenvalue weighted by molar-refractivity contribution is -0.121. The lowest BCUT2D eigenvalue weighted by atomic mass is 9.90. The fourth-order valence-corrected chi connectivity index (χ4v) is 2.79. The molecule has 0 atom stereocenters. The van der Waals surface area contributed by atoms with Crippen LogP contribution >= 0.6 is 0 Å². The predicted molar refractivity (Wildman–Crippen MR) is 73.5 cm³/mol. The molecule has 0 aliphatic heterocycles. The highest BCUT2D eigenvalue weighted by molar-refractivity contribution is 5.76. The topological polar surface area (TPSA) is 44.4 Å². The molecule has 0 aromatic carbocycles. The summed E-state index contributed by atoms with van der Waals surface area (Å²) in [5.74, 6) is 0.230. The molecule has 0 heterocycles. The van der Waals surface area contributed by atoms with Gasteiger partial charge in [0.15, 0.2) is 0 Å². The van der Waals surface area contributed by atoms with Crippen LogP contribution in [0, 0.1) is 0 Å². The minimum atomic E-state index is 0.230. The Morgan fingerprint density at radius 2 is 1.72 bits per heavy atom. The van der Waals surface area contributed by atoms with Gasteiger partial charge >= 0.3 is 0 Å². The van der Waals surface area contributed by atoms with Crippen LogP contribution in [0.2, 0.25) is 0 Å². The molecule has 2 N–H and O–H groups in total. The molecule has 2 aliphatic carbocycles. The molecule has 0 unspecified atom stereocenters. The monoisotopic (exact) mass is 253 g/mol. The molecule has 1 amide bonds. The molecule has 2 saturated carbocycles. The van der Waals surface area contributed by atoms with Crippen molar-refractivity contribution in [3.63, 3.8) is 0 Å². The van der Waals surface area contributed by atoms with E-state index in [0.717, 1.165) is 6.54 Å². The maximum Gasteiger partial charge on any atom is 0.221 e. The molecule has 0 bridgehead atoms. The first-order valence-corrected chi connectivity index (χ1v) is 7.36. The van der Waals surface area contributed by atoms with Crippen molar-refractivity contribution in [1.82, 2.24) is 15.5 Å². The van der Waals surface area contributed by atoms with Crippen molar-refractivity contribution in [2.75, 3.05) is 20.6 Å². The zero-order valence-electron chi connectivity index (χ0n) is 11.7. The van der Waals surface area contributed by atoms with Gasteiger partial charge in [-0.1, -0.05) is 0 Å². The van der Waals surface area contributed by atoms with Gasteiger partial charge in [-0.25, -0.2) is 0 Å². The summed E-state index contributed by atoms with van der Waals surface area (Å²) in [7, 11) is 4.21. The number of nitrogens with zero attached hydrogens (tertiary/aromatic N) is 1. The van der Waals surface area contributed by atoms with Crippen LogP contribution in [0.3, 0.4) is 0 Å². The Hall–Kier alpha value is -0.610. The van der Waals surface area contributed by atoms with Crippen LogP contribution in [0.5, 0.6) is 0 Å². The van der Waals surface area contributed by atoms with Gasteiger partial charge in [0.05, 0.1) is 0 Å². The van der Waals surface area contributed by atoms with Crippen LogP contribution in [0.15, 0.2) is 0 Å². The zero-order chi connectivity index (χ0) is 13.0. The van der Waals surface area contributed by atoms with Crippen LogP contribution in [-0.2, 0) is 4.79 Å². The minimum Gasteiger partial charge on any atom is -0.353 e. The van der Waals surface area contributed by atoms with Crippen molar-refractivity contribution in [3.05, 3.63) is 0 Å². The van der Waals surface area contributed by atoms with Crippen LogP contribution in [0.4, 0.5) is 0 Å². The highest BCUT2D eigenvalue weighted by Gasteiger charge is 2.25. The molecule has 0 spiro atoms. The van der Waals surface area contributed by atoms with Crippen LogP contribution in [-0.4, -0.2) is 49.6 Å². The predicted octanol–water partition coefficient (Wildman–Crippen LogP) is 1.12. The lowest BCUT2D eigenvalue weighted by Crippen LogP contribution is -2.41. The SMILES string of the molecule is CNC1CCC(N(C)CCC(=O)NC2CC2)CC1. The Labute approximate surface area is 110 Å². The average Bonchev–Trinajstić information content (AvgIpc) is 3.20. The maximum absolute atomic E-state index is 11.6. The van der Waals surface area contributed by atoms with Crippen molar-refractivity contribution in [3.8, 4) is 0 Å². The van der Waals surface area contributed by atoms with E-state index in [1.807, 2.05) is 0 Å².